The Hall–Kier alpha value is -2.85. The van der Waals surface area contributed by atoms with Crippen molar-refractivity contribution in [3.05, 3.63) is 76.5 Å². The number of carboxylic acids is 1. The Bertz CT molecular complexity index is 1200. The lowest BCUT2D eigenvalue weighted by Crippen LogP contribution is -2.48. The summed E-state index contributed by atoms with van der Waals surface area (Å²) < 4.78 is 5.88. The molecule has 0 amide bonds. The first kappa shape index (κ1) is 20.7. The van der Waals surface area contributed by atoms with Crippen LogP contribution in [0.25, 0.3) is 11.3 Å². The molecule has 4 bridgehead atoms. The molecule has 0 saturated heterocycles. The molecule has 1 heterocycles. The first-order valence-electron chi connectivity index (χ1n) is 11.8. The van der Waals surface area contributed by atoms with Crippen LogP contribution < -0.4 is 0 Å². The van der Waals surface area contributed by atoms with E-state index in [-0.39, 0.29) is 10.6 Å². The van der Waals surface area contributed by atoms with Gasteiger partial charge in [0.05, 0.1) is 22.5 Å². The van der Waals surface area contributed by atoms with Crippen LogP contribution in [0.1, 0.15) is 60.2 Å². The summed E-state index contributed by atoms with van der Waals surface area (Å²) in [6.45, 7) is 0. The monoisotopic (exact) mass is 459 g/mol. The molecule has 1 aromatic heterocycles. The van der Waals surface area contributed by atoms with Gasteiger partial charge in [0.1, 0.15) is 11.5 Å². The Morgan fingerprint density at radius 2 is 1.64 bits per heavy atom. The Morgan fingerprint density at radius 3 is 2.24 bits per heavy atom. The molecular formula is C28H26ClNO3. The molecule has 0 unspecified atom stereocenters. The SMILES string of the molecule is O=C(O)c1ccc(-c2ccc(C=Nc3ccc(C45CC6CC(CC(C6)C4)C5)cc3)o2)cc1Cl. The number of aliphatic imine (C=N–C) groups is 1. The van der Waals surface area contributed by atoms with Crippen molar-refractivity contribution in [1.82, 2.24) is 0 Å². The second-order valence-electron chi connectivity index (χ2n) is 10.2. The summed E-state index contributed by atoms with van der Waals surface area (Å²) in [5.74, 6) is 3.03. The molecule has 2 aromatic carbocycles. The highest BCUT2D eigenvalue weighted by Gasteiger charge is 2.51. The van der Waals surface area contributed by atoms with Crippen molar-refractivity contribution in [1.29, 1.82) is 0 Å². The molecule has 4 aliphatic rings. The van der Waals surface area contributed by atoms with Gasteiger partial charge in [0, 0.05) is 5.56 Å². The van der Waals surface area contributed by atoms with E-state index in [1.165, 1.54) is 50.2 Å². The fraction of sp³-hybridized carbons (Fsp3) is 0.357. The summed E-state index contributed by atoms with van der Waals surface area (Å²) >= 11 is 6.08. The number of carboxylic acid groups (broad SMARTS) is 1. The third-order valence-electron chi connectivity index (χ3n) is 7.97. The minimum Gasteiger partial charge on any atom is -0.478 e. The second kappa shape index (κ2) is 7.88. The summed E-state index contributed by atoms with van der Waals surface area (Å²) in [5.41, 5.74) is 3.62. The van der Waals surface area contributed by atoms with E-state index in [4.69, 9.17) is 21.1 Å². The van der Waals surface area contributed by atoms with Crippen molar-refractivity contribution in [3.63, 3.8) is 0 Å². The minimum absolute atomic E-state index is 0.0748. The molecule has 0 atom stereocenters. The highest BCUT2D eigenvalue weighted by atomic mass is 35.5. The lowest BCUT2D eigenvalue weighted by Gasteiger charge is -2.57. The lowest BCUT2D eigenvalue weighted by molar-refractivity contribution is -0.00518. The normalized spacial score (nSPS) is 28.0. The molecule has 0 aliphatic heterocycles. The Labute approximate surface area is 198 Å². The quantitative estimate of drug-likeness (QED) is 0.401. The van der Waals surface area contributed by atoms with E-state index in [1.54, 1.807) is 18.3 Å². The maximum Gasteiger partial charge on any atom is 0.337 e. The molecule has 4 saturated carbocycles. The average molecular weight is 460 g/mol. The third-order valence-corrected chi connectivity index (χ3v) is 8.28. The zero-order chi connectivity index (χ0) is 22.6. The van der Waals surface area contributed by atoms with Crippen LogP contribution in [0.3, 0.4) is 0 Å². The van der Waals surface area contributed by atoms with Crippen molar-refractivity contribution >= 4 is 29.5 Å². The number of nitrogens with zero attached hydrogens (tertiary/aromatic N) is 1. The maximum atomic E-state index is 11.1. The van der Waals surface area contributed by atoms with E-state index < -0.39 is 5.97 Å². The largest absolute Gasteiger partial charge is 0.478 e. The molecule has 0 spiro atoms. The Kier molecular flexibility index (Phi) is 4.95. The van der Waals surface area contributed by atoms with Gasteiger partial charge in [-0.3, -0.25) is 4.99 Å². The zero-order valence-corrected chi connectivity index (χ0v) is 19.1. The molecule has 5 heteroatoms. The number of hydrogen-bond acceptors (Lipinski definition) is 3. The predicted molar refractivity (Wildman–Crippen MR) is 130 cm³/mol. The predicted octanol–water partition coefficient (Wildman–Crippen LogP) is 7.52. The number of aromatic carboxylic acids is 1. The summed E-state index contributed by atoms with van der Waals surface area (Å²) in [5, 5.41) is 9.32. The van der Waals surface area contributed by atoms with Gasteiger partial charge in [-0.1, -0.05) is 29.8 Å². The topological polar surface area (TPSA) is 62.8 Å². The van der Waals surface area contributed by atoms with Gasteiger partial charge >= 0.3 is 5.97 Å². The molecule has 4 aliphatic carbocycles. The summed E-state index contributed by atoms with van der Waals surface area (Å²) in [6.07, 6.45) is 10.2. The van der Waals surface area contributed by atoms with Crippen LogP contribution in [0.4, 0.5) is 5.69 Å². The molecular weight excluding hydrogens is 434 g/mol. The van der Waals surface area contributed by atoms with E-state index in [0.29, 0.717) is 16.9 Å². The van der Waals surface area contributed by atoms with E-state index >= 15 is 0 Å². The molecule has 0 radical (unpaired) electrons. The van der Waals surface area contributed by atoms with Crippen molar-refractivity contribution in [2.24, 2.45) is 22.7 Å². The van der Waals surface area contributed by atoms with Crippen LogP contribution in [0.2, 0.25) is 5.02 Å². The number of hydrogen-bond donors (Lipinski definition) is 1. The molecule has 168 valence electrons. The number of benzene rings is 2. The van der Waals surface area contributed by atoms with E-state index in [2.05, 4.69) is 29.3 Å². The van der Waals surface area contributed by atoms with Gasteiger partial charge in [0.2, 0.25) is 0 Å². The van der Waals surface area contributed by atoms with Gasteiger partial charge in [-0.2, -0.15) is 0 Å². The van der Waals surface area contributed by atoms with Gasteiger partial charge < -0.3 is 9.52 Å². The molecule has 1 N–H and O–H groups in total. The van der Waals surface area contributed by atoms with Crippen molar-refractivity contribution < 1.29 is 14.3 Å². The van der Waals surface area contributed by atoms with Gasteiger partial charge in [-0.15, -0.1) is 0 Å². The first-order valence-corrected chi connectivity index (χ1v) is 12.1. The summed E-state index contributed by atoms with van der Waals surface area (Å²) in [4.78, 5) is 15.8. The smallest absolute Gasteiger partial charge is 0.337 e. The van der Waals surface area contributed by atoms with Crippen LogP contribution in [0, 0.1) is 17.8 Å². The molecule has 4 fully saturated rings. The number of rotatable bonds is 5. The molecule has 33 heavy (non-hydrogen) atoms. The van der Waals surface area contributed by atoms with Crippen LogP contribution in [-0.2, 0) is 5.41 Å². The fourth-order valence-corrected chi connectivity index (χ4v) is 7.18. The number of furan rings is 1. The van der Waals surface area contributed by atoms with E-state index in [0.717, 1.165) is 29.0 Å². The van der Waals surface area contributed by atoms with Crippen LogP contribution in [-0.4, -0.2) is 17.3 Å². The van der Waals surface area contributed by atoms with Gasteiger partial charge in [0.15, 0.2) is 0 Å². The number of carbonyl (C=O) groups is 1. The van der Waals surface area contributed by atoms with Gasteiger partial charge in [-0.05, 0) is 104 Å². The second-order valence-corrected chi connectivity index (χ2v) is 10.6. The highest BCUT2D eigenvalue weighted by Crippen LogP contribution is 2.60. The summed E-state index contributed by atoms with van der Waals surface area (Å²) in [7, 11) is 0. The minimum atomic E-state index is -1.05. The van der Waals surface area contributed by atoms with E-state index in [1.807, 2.05) is 12.1 Å². The molecule has 3 aromatic rings. The van der Waals surface area contributed by atoms with Crippen molar-refractivity contribution in [2.75, 3.05) is 0 Å². The van der Waals surface area contributed by atoms with Crippen LogP contribution in [0.5, 0.6) is 0 Å². The van der Waals surface area contributed by atoms with Crippen molar-refractivity contribution in [2.45, 2.75) is 43.9 Å². The third kappa shape index (κ3) is 3.80. The lowest BCUT2D eigenvalue weighted by atomic mass is 9.48. The van der Waals surface area contributed by atoms with E-state index in [9.17, 15) is 4.79 Å². The Morgan fingerprint density at radius 1 is 0.970 bits per heavy atom. The molecule has 7 rings (SSSR count). The maximum absolute atomic E-state index is 11.1. The first-order chi connectivity index (χ1) is 16.0. The zero-order valence-electron chi connectivity index (χ0n) is 18.3. The van der Waals surface area contributed by atoms with Gasteiger partial charge in [0.25, 0.3) is 0 Å². The van der Waals surface area contributed by atoms with Crippen LogP contribution in [0.15, 0.2) is 64.0 Å². The molecule has 4 nitrogen and oxygen atoms in total. The number of halogens is 1. The van der Waals surface area contributed by atoms with Crippen molar-refractivity contribution in [3.8, 4) is 11.3 Å². The van der Waals surface area contributed by atoms with Gasteiger partial charge in [-0.25, -0.2) is 4.79 Å². The average Bonchev–Trinajstić information content (AvgIpc) is 3.26. The Balaban J connectivity index is 1.17. The highest BCUT2D eigenvalue weighted by molar-refractivity contribution is 6.33. The van der Waals surface area contributed by atoms with Crippen LogP contribution >= 0.6 is 11.6 Å². The standard InChI is InChI=1S/C28H26ClNO3/c29-25-12-20(1-7-24(25)27(31)32)26-8-6-23(33-26)16-30-22-4-2-21(3-5-22)28-13-17-9-18(14-28)11-19(10-17)15-28/h1-8,12,16-19H,9-11,13-15H2,(H,31,32). The summed E-state index contributed by atoms with van der Waals surface area (Å²) in [6, 6.07) is 17.3. The fourth-order valence-electron chi connectivity index (χ4n) is 6.92.